The lowest BCUT2D eigenvalue weighted by atomic mass is 10.0. The summed E-state index contributed by atoms with van der Waals surface area (Å²) in [5.41, 5.74) is -0.103. The molecule has 2 aromatic rings. The van der Waals surface area contributed by atoms with E-state index in [1.54, 1.807) is 23.1 Å². The summed E-state index contributed by atoms with van der Waals surface area (Å²) in [5, 5.41) is 4.03. The minimum absolute atomic E-state index is 0.00377. The molecule has 1 aromatic heterocycles. The molecule has 0 unspecified atom stereocenters. The maximum absolute atomic E-state index is 12.5. The van der Waals surface area contributed by atoms with E-state index in [1.807, 2.05) is 33.8 Å². The Morgan fingerprint density at radius 3 is 2.50 bits per heavy atom. The van der Waals surface area contributed by atoms with E-state index in [2.05, 4.69) is 5.32 Å². The number of rotatable bonds is 2. The van der Waals surface area contributed by atoms with Crippen molar-refractivity contribution in [2.24, 2.45) is 0 Å². The number of hydrogen-bond acceptors (Lipinski definition) is 5. The Morgan fingerprint density at radius 2 is 1.86 bits per heavy atom. The van der Waals surface area contributed by atoms with E-state index in [0.717, 1.165) is 5.56 Å². The van der Waals surface area contributed by atoms with Crippen molar-refractivity contribution < 1.29 is 18.7 Å². The molecule has 150 valence electrons. The highest BCUT2D eigenvalue weighted by atomic mass is 16.6. The molecule has 28 heavy (non-hydrogen) atoms. The number of fused-ring (bicyclic) bond motifs is 1. The molecular weight excluding hydrogens is 360 g/mol. The van der Waals surface area contributed by atoms with Gasteiger partial charge in [0, 0.05) is 19.1 Å². The zero-order valence-corrected chi connectivity index (χ0v) is 16.7. The number of hydrogen-bond donors (Lipinski definition) is 1. The van der Waals surface area contributed by atoms with Crippen LogP contribution in [-0.4, -0.2) is 41.6 Å². The highest BCUT2D eigenvalue weighted by Gasteiger charge is 2.28. The van der Waals surface area contributed by atoms with Gasteiger partial charge in [-0.25, -0.2) is 9.59 Å². The lowest BCUT2D eigenvalue weighted by molar-refractivity contribution is 0.0199. The quantitative estimate of drug-likeness (QED) is 0.856. The van der Waals surface area contributed by atoms with Gasteiger partial charge in [0.05, 0.1) is 5.39 Å². The van der Waals surface area contributed by atoms with Crippen molar-refractivity contribution in [2.45, 2.75) is 52.2 Å². The number of benzene rings is 1. The van der Waals surface area contributed by atoms with E-state index in [4.69, 9.17) is 9.15 Å². The number of carbonyl (C=O) groups is 2. The Balaban J connectivity index is 1.62. The van der Waals surface area contributed by atoms with Crippen LogP contribution in [-0.2, 0) is 4.74 Å². The molecule has 0 radical (unpaired) electrons. The molecule has 0 atom stereocenters. The van der Waals surface area contributed by atoms with Crippen LogP contribution < -0.4 is 10.9 Å². The van der Waals surface area contributed by atoms with E-state index in [-0.39, 0.29) is 17.9 Å². The average Bonchev–Trinajstić information content (AvgIpc) is 2.61. The van der Waals surface area contributed by atoms with Gasteiger partial charge < -0.3 is 19.4 Å². The van der Waals surface area contributed by atoms with Crippen molar-refractivity contribution >= 4 is 22.8 Å². The number of carbonyl (C=O) groups excluding carboxylic acids is 2. The fourth-order valence-electron chi connectivity index (χ4n) is 3.20. The molecule has 3 rings (SSSR count). The van der Waals surface area contributed by atoms with Gasteiger partial charge in [-0.1, -0.05) is 17.7 Å². The molecule has 1 aromatic carbocycles. The zero-order valence-electron chi connectivity index (χ0n) is 16.7. The summed E-state index contributed by atoms with van der Waals surface area (Å²) < 4.78 is 10.6. The van der Waals surface area contributed by atoms with E-state index < -0.39 is 17.1 Å². The van der Waals surface area contributed by atoms with Gasteiger partial charge in [0.15, 0.2) is 5.76 Å². The molecule has 0 aliphatic carbocycles. The number of likely N-dealkylation sites (tertiary alicyclic amines) is 1. The van der Waals surface area contributed by atoms with E-state index >= 15 is 0 Å². The third-order valence-electron chi connectivity index (χ3n) is 4.62. The van der Waals surface area contributed by atoms with Gasteiger partial charge in [-0.2, -0.15) is 0 Å². The molecule has 0 bridgehead atoms. The Morgan fingerprint density at radius 1 is 1.18 bits per heavy atom. The maximum Gasteiger partial charge on any atom is 0.410 e. The van der Waals surface area contributed by atoms with Crippen molar-refractivity contribution in [1.29, 1.82) is 0 Å². The molecular formula is C21H26N2O5. The third-order valence-corrected chi connectivity index (χ3v) is 4.62. The number of piperidine rings is 1. The molecule has 1 N–H and O–H groups in total. The predicted molar refractivity (Wildman–Crippen MR) is 106 cm³/mol. The van der Waals surface area contributed by atoms with Crippen molar-refractivity contribution in [1.82, 2.24) is 10.2 Å². The van der Waals surface area contributed by atoms with Crippen LogP contribution in [0.15, 0.2) is 33.5 Å². The smallest absolute Gasteiger partial charge is 0.410 e. The molecule has 2 heterocycles. The lowest BCUT2D eigenvalue weighted by Gasteiger charge is -2.33. The fourth-order valence-corrected chi connectivity index (χ4v) is 3.20. The number of aryl methyl sites for hydroxylation is 1. The molecule has 0 spiro atoms. The van der Waals surface area contributed by atoms with E-state index in [9.17, 15) is 14.4 Å². The van der Waals surface area contributed by atoms with Crippen molar-refractivity contribution in [3.63, 3.8) is 0 Å². The van der Waals surface area contributed by atoms with Gasteiger partial charge in [-0.05, 0) is 58.1 Å². The molecule has 1 fully saturated rings. The first-order valence-electron chi connectivity index (χ1n) is 9.46. The third kappa shape index (κ3) is 4.71. The minimum atomic E-state index is -0.533. The Kier molecular flexibility index (Phi) is 5.45. The van der Waals surface area contributed by atoms with Crippen LogP contribution in [0.5, 0.6) is 0 Å². The number of ether oxygens (including phenoxy) is 1. The summed E-state index contributed by atoms with van der Waals surface area (Å²) >= 11 is 0. The van der Waals surface area contributed by atoms with E-state index in [0.29, 0.717) is 36.7 Å². The Labute approximate surface area is 163 Å². The van der Waals surface area contributed by atoms with Crippen LogP contribution in [0.2, 0.25) is 0 Å². The van der Waals surface area contributed by atoms with Crippen LogP contribution in [0.25, 0.3) is 10.8 Å². The summed E-state index contributed by atoms with van der Waals surface area (Å²) in [5.74, 6) is -0.425. The first kappa shape index (κ1) is 19.9. The summed E-state index contributed by atoms with van der Waals surface area (Å²) in [6.45, 7) is 8.38. The second-order valence-corrected chi connectivity index (χ2v) is 8.20. The van der Waals surface area contributed by atoms with Crippen LogP contribution in [0.1, 0.15) is 49.7 Å². The fraction of sp³-hybridized carbons (Fsp3) is 0.476. The SMILES string of the molecule is Cc1ccc2cc(C(=O)NC3CCN(C(=O)OC(C)(C)C)CC3)oc(=O)c2c1. The molecule has 2 amide bonds. The van der Waals surface area contributed by atoms with Crippen LogP contribution >= 0.6 is 0 Å². The van der Waals surface area contributed by atoms with Crippen LogP contribution in [0.4, 0.5) is 4.79 Å². The topological polar surface area (TPSA) is 88.8 Å². The molecule has 7 nitrogen and oxygen atoms in total. The maximum atomic E-state index is 12.5. The normalized spacial score (nSPS) is 15.5. The van der Waals surface area contributed by atoms with Gasteiger partial charge in [0.25, 0.3) is 5.91 Å². The second-order valence-electron chi connectivity index (χ2n) is 8.20. The molecule has 1 aliphatic heterocycles. The summed E-state index contributed by atoms with van der Waals surface area (Å²) in [6.07, 6.45) is 0.886. The largest absolute Gasteiger partial charge is 0.444 e. The van der Waals surface area contributed by atoms with Crippen LogP contribution in [0.3, 0.4) is 0 Å². The average molecular weight is 386 g/mol. The molecule has 7 heteroatoms. The van der Waals surface area contributed by atoms with Gasteiger partial charge in [0.1, 0.15) is 5.60 Å². The van der Waals surface area contributed by atoms with Crippen LogP contribution in [0, 0.1) is 6.92 Å². The van der Waals surface area contributed by atoms with Crippen molar-refractivity contribution in [3.05, 3.63) is 46.0 Å². The van der Waals surface area contributed by atoms with Gasteiger partial charge in [-0.15, -0.1) is 0 Å². The van der Waals surface area contributed by atoms with Gasteiger partial charge >= 0.3 is 11.7 Å². The summed E-state index contributed by atoms with van der Waals surface area (Å²) in [4.78, 5) is 38.5. The van der Waals surface area contributed by atoms with Crippen molar-refractivity contribution in [2.75, 3.05) is 13.1 Å². The Hall–Kier alpha value is -2.83. The zero-order chi connectivity index (χ0) is 20.5. The standard InChI is InChI=1S/C21H26N2O5/c1-13-5-6-14-12-17(27-19(25)16(14)11-13)18(24)22-15-7-9-23(10-8-15)20(26)28-21(2,3)4/h5-6,11-12,15H,7-10H2,1-4H3,(H,22,24). The number of amides is 2. The number of nitrogens with zero attached hydrogens (tertiary/aromatic N) is 1. The first-order chi connectivity index (χ1) is 13.1. The predicted octanol–water partition coefficient (Wildman–Crippen LogP) is 3.23. The monoisotopic (exact) mass is 386 g/mol. The molecule has 1 saturated heterocycles. The highest BCUT2D eigenvalue weighted by Crippen LogP contribution is 2.17. The first-order valence-corrected chi connectivity index (χ1v) is 9.46. The summed E-state index contributed by atoms with van der Waals surface area (Å²) in [6, 6.07) is 6.93. The second kappa shape index (κ2) is 7.66. The van der Waals surface area contributed by atoms with Gasteiger partial charge in [-0.3, -0.25) is 4.79 Å². The van der Waals surface area contributed by atoms with Crippen molar-refractivity contribution in [3.8, 4) is 0 Å². The number of nitrogens with one attached hydrogen (secondary N) is 1. The highest BCUT2D eigenvalue weighted by molar-refractivity contribution is 5.95. The minimum Gasteiger partial charge on any atom is -0.444 e. The molecule has 1 aliphatic rings. The lowest BCUT2D eigenvalue weighted by Crippen LogP contribution is -2.47. The van der Waals surface area contributed by atoms with Gasteiger partial charge in [0.2, 0.25) is 0 Å². The van der Waals surface area contributed by atoms with E-state index in [1.165, 1.54) is 0 Å². The summed E-state index contributed by atoms with van der Waals surface area (Å²) in [7, 11) is 0. The Bertz CT molecular complexity index is 949. The molecule has 0 saturated carbocycles.